The lowest BCUT2D eigenvalue weighted by molar-refractivity contribution is 0.134. The predicted molar refractivity (Wildman–Crippen MR) is 47.8 cm³/mol. The van der Waals surface area contributed by atoms with E-state index in [1.165, 1.54) is 0 Å². The first-order valence-corrected chi connectivity index (χ1v) is 4.07. The molecule has 0 spiro atoms. The van der Waals surface area contributed by atoms with Gasteiger partial charge in [0.2, 0.25) is 0 Å². The Balaban J connectivity index is 2.75. The van der Waals surface area contributed by atoms with Crippen molar-refractivity contribution in [3.8, 4) is 6.07 Å². The van der Waals surface area contributed by atoms with Gasteiger partial charge in [-0.25, -0.2) is 0 Å². The van der Waals surface area contributed by atoms with Gasteiger partial charge in [0.25, 0.3) is 0 Å². The molecule has 0 saturated heterocycles. The normalized spacial score (nSPS) is 12.1. The van der Waals surface area contributed by atoms with Crippen molar-refractivity contribution < 1.29 is 10.2 Å². The first-order valence-electron chi connectivity index (χ1n) is 4.07. The molecule has 3 heteroatoms. The van der Waals surface area contributed by atoms with Gasteiger partial charge in [-0.1, -0.05) is 12.1 Å². The molecular weight excluding hydrogens is 166 g/mol. The van der Waals surface area contributed by atoms with Crippen molar-refractivity contribution in [3.05, 3.63) is 35.4 Å². The minimum absolute atomic E-state index is 0.0405. The van der Waals surface area contributed by atoms with E-state index >= 15 is 0 Å². The molecule has 0 aliphatic heterocycles. The Kier molecular flexibility index (Phi) is 3.44. The van der Waals surface area contributed by atoms with Crippen LogP contribution in [0.1, 0.15) is 23.7 Å². The molecule has 0 aromatic heterocycles. The topological polar surface area (TPSA) is 64.2 Å². The molecule has 0 fully saturated rings. The highest BCUT2D eigenvalue weighted by molar-refractivity contribution is 5.32. The monoisotopic (exact) mass is 177 g/mol. The summed E-state index contributed by atoms with van der Waals surface area (Å²) < 4.78 is 0. The third kappa shape index (κ3) is 2.55. The zero-order chi connectivity index (χ0) is 9.68. The molecule has 1 rings (SSSR count). The summed E-state index contributed by atoms with van der Waals surface area (Å²) in [5, 5.41) is 26.5. The fraction of sp³-hybridized carbons (Fsp3) is 0.300. The summed E-state index contributed by atoms with van der Waals surface area (Å²) in [6, 6.07) is 8.68. The van der Waals surface area contributed by atoms with Gasteiger partial charge >= 0.3 is 0 Å². The van der Waals surface area contributed by atoms with Crippen LogP contribution in [0.4, 0.5) is 0 Å². The van der Waals surface area contributed by atoms with Gasteiger partial charge in [-0.05, 0) is 17.7 Å². The largest absolute Gasteiger partial charge is 0.396 e. The predicted octanol–water partition coefficient (Wildman–Crippen LogP) is 0.974. The molecule has 3 nitrogen and oxygen atoms in total. The number of rotatable bonds is 3. The van der Waals surface area contributed by atoms with Crippen LogP contribution in [0.15, 0.2) is 24.3 Å². The second-order valence-corrected chi connectivity index (χ2v) is 2.76. The molecule has 0 saturated carbocycles. The highest BCUT2D eigenvalue weighted by Crippen LogP contribution is 2.16. The average molecular weight is 177 g/mol. The van der Waals surface area contributed by atoms with Gasteiger partial charge < -0.3 is 10.2 Å². The Morgan fingerprint density at radius 3 is 2.38 bits per heavy atom. The van der Waals surface area contributed by atoms with Crippen LogP contribution in [0.25, 0.3) is 0 Å². The quantitative estimate of drug-likeness (QED) is 0.723. The Hall–Kier alpha value is -1.37. The molecule has 1 aromatic carbocycles. The lowest BCUT2D eigenvalue weighted by Gasteiger charge is -2.08. The summed E-state index contributed by atoms with van der Waals surface area (Å²) in [5.74, 6) is 0. The first-order chi connectivity index (χ1) is 6.27. The molecular formula is C10H11NO2. The van der Waals surface area contributed by atoms with Crippen LogP contribution >= 0.6 is 0 Å². The number of hydrogen-bond donors (Lipinski definition) is 2. The van der Waals surface area contributed by atoms with E-state index < -0.39 is 6.10 Å². The number of hydrogen-bond acceptors (Lipinski definition) is 3. The summed E-state index contributed by atoms with van der Waals surface area (Å²) in [5.41, 5.74) is 1.30. The van der Waals surface area contributed by atoms with Crippen LogP contribution in [0.3, 0.4) is 0 Å². The molecule has 1 unspecified atom stereocenters. The minimum Gasteiger partial charge on any atom is -0.396 e. The van der Waals surface area contributed by atoms with Gasteiger partial charge in [-0.3, -0.25) is 0 Å². The van der Waals surface area contributed by atoms with Crippen LogP contribution < -0.4 is 0 Å². The van der Waals surface area contributed by atoms with Gasteiger partial charge in [-0.15, -0.1) is 0 Å². The second kappa shape index (κ2) is 4.61. The molecule has 1 atom stereocenters. The van der Waals surface area contributed by atoms with Crippen LogP contribution in [-0.2, 0) is 0 Å². The molecule has 2 N–H and O–H groups in total. The zero-order valence-electron chi connectivity index (χ0n) is 7.14. The average Bonchev–Trinajstić information content (AvgIpc) is 2.18. The fourth-order valence-electron chi connectivity index (χ4n) is 1.07. The molecule has 68 valence electrons. The van der Waals surface area contributed by atoms with Crippen molar-refractivity contribution in [2.24, 2.45) is 0 Å². The maximum atomic E-state index is 9.44. The van der Waals surface area contributed by atoms with Gasteiger partial charge in [0.1, 0.15) is 0 Å². The van der Waals surface area contributed by atoms with Crippen molar-refractivity contribution >= 4 is 0 Å². The molecule has 0 radical (unpaired) electrons. The summed E-state index contributed by atoms with van der Waals surface area (Å²) in [4.78, 5) is 0. The third-order valence-electron chi connectivity index (χ3n) is 1.83. The lowest BCUT2D eigenvalue weighted by atomic mass is 10.1. The highest BCUT2D eigenvalue weighted by atomic mass is 16.3. The first kappa shape index (κ1) is 9.72. The van der Waals surface area contributed by atoms with E-state index in [0.717, 1.165) is 5.56 Å². The second-order valence-electron chi connectivity index (χ2n) is 2.76. The Labute approximate surface area is 76.9 Å². The smallest absolute Gasteiger partial charge is 0.0991 e. The van der Waals surface area contributed by atoms with Gasteiger partial charge in [0, 0.05) is 13.0 Å². The molecule has 0 heterocycles. The fourth-order valence-corrected chi connectivity index (χ4v) is 1.07. The number of nitriles is 1. The van der Waals surface area contributed by atoms with E-state index in [4.69, 9.17) is 10.4 Å². The van der Waals surface area contributed by atoms with Crippen molar-refractivity contribution in [2.45, 2.75) is 12.5 Å². The molecule has 0 amide bonds. The van der Waals surface area contributed by atoms with Gasteiger partial charge in [0.15, 0.2) is 0 Å². The zero-order valence-corrected chi connectivity index (χ0v) is 7.14. The number of benzene rings is 1. The maximum Gasteiger partial charge on any atom is 0.0991 e. The molecule has 1 aromatic rings. The van der Waals surface area contributed by atoms with Crippen molar-refractivity contribution in [1.29, 1.82) is 5.26 Å². The van der Waals surface area contributed by atoms with E-state index in [0.29, 0.717) is 12.0 Å². The summed E-state index contributed by atoms with van der Waals surface area (Å²) >= 11 is 0. The van der Waals surface area contributed by atoms with E-state index in [9.17, 15) is 5.11 Å². The van der Waals surface area contributed by atoms with Crippen LogP contribution in [0.2, 0.25) is 0 Å². The standard InChI is InChI=1S/C10H11NO2/c11-7-8-1-3-9(4-2-8)10(13)5-6-12/h1-4,10,12-13H,5-6H2. The van der Waals surface area contributed by atoms with Crippen LogP contribution in [-0.4, -0.2) is 16.8 Å². The van der Waals surface area contributed by atoms with E-state index in [-0.39, 0.29) is 6.61 Å². The number of nitrogens with zero attached hydrogens (tertiary/aromatic N) is 1. The van der Waals surface area contributed by atoms with Crippen molar-refractivity contribution in [1.82, 2.24) is 0 Å². The highest BCUT2D eigenvalue weighted by Gasteiger charge is 2.05. The Morgan fingerprint density at radius 2 is 1.92 bits per heavy atom. The summed E-state index contributed by atoms with van der Waals surface area (Å²) in [7, 11) is 0. The van der Waals surface area contributed by atoms with Crippen molar-refractivity contribution in [3.63, 3.8) is 0 Å². The Bertz CT molecular complexity index is 300. The molecule has 0 aliphatic rings. The van der Waals surface area contributed by atoms with Crippen molar-refractivity contribution in [2.75, 3.05) is 6.61 Å². The molecule has 13 heavy (non-hydrogen) atoms. The third-order valence-corrected chi connectivity index (χ3v) is 1.83. The Morgan fingerprint density at radius 1 is 1.31 bits per heavy atom. The minimum atomic E-state index is -0.641. The lowest BCUT2D eigenvalue weighted by Crippen LogP contribution is -1.99. The molecule has 0 bridgehead atoms. The number of aliphatic hydroxyl groups is 2. The summed E-state index contributed by atoms with van der Waals surface area (Å²) in [6.45, 7) is -0.0405. The number of aliphatic hydroxyl groups excluding tert-OH is 2. The van der Waals surface area contributed by atoms with Crippen LogP contribution in [0.5, 0.6) is 0 Å². The van der Waals surface area contributed by atoms with Gasteiger partial charge in [-0.2, -0.15) is 5.26 Å². The molecule has 0 aliphatic carbocycles. The van der Waals surface area contributed by atoms with E-state index in [2.05, 4.69) is 0 Å². The maximum absolute atomic E-state index is 9.44. The van der Waals surface area contributed by atoms with Gasteiger partial charge in [0.05, 0.1) is 17.7 Å². The summed E-state index contributed by atoms with van der Waals surface area (Å²) in [6.07, 6.45) is -0.316. The van der Waals surface area contributed by atoms with Crippen LogP contribution in [0, 0.1) is 11.3 Å². The van der Waals surface area contributed by atoms with E-state index in [1.807, 2.05) is 6.07 Å². The SMILES string of the molecule is N#Cc1ccc(C(O)CCO)cc1. The van der Waals surface area contributed by atoms with E-state index in [1.54, 1.807) is 24.3 Å².